The van der Waals surface area contributed by atoms with Gasteiger partial charge in [-0.05, 0) is 72.9 Å². The van der Waals surface area contributed by atoms with Gasteiger partial charge in [0.25, 0.3) is 0 Å². The molecular weight excluding hydrogens is 468 g/mol. The molecule has 0 saturated heterocycles. The van der Waals surface area contributed by atoms with Crippen molar-refractivity contribution in [2.24, 2.45) is 5.84 Å². The molecule has 3 aromatic carbocycles. The lowest BCUT2D eigenvalue weighted by Crippen LogP contribution is -2.26. The van der Waals surface area contributed by atoms with Gasteiger partial charge in [-0.25, -0.2) is 10.1 Å². The van der Waals surface area contributed by atoms with Crippen LogP contribution in [0.15, 0.2) is 65.6 Å². The molecule has 180 valence electrons. The number of hydrogen-bond acceptors (Lipinski definition) is 7. The highest BCUT2D eigenvalue weighted by Crippen LogP contribution is 2.35. The molecule has 0 aromatic heterocycles. The highest BCUT2D eigenvalue weighted by Gasteiger charge is 2.21. The van der Waals surface area contributed by atoms with E-state index < -0.39 is 0 Å². The number of carbonyl (C=O) groups is 1. The maximum atomic E-state index is 12.3. The summed E-state index contributed by atoms with van der Waals surface area (Å²) in [7, 11) is 5.15. The average molecular weight is 499 g/mol. The van der Waals surface area contributed by atoms with Crippen molar-refractivity contribution in [3.05, 3.63) is 87.9 Å². The molecule has 0 spiro atoms. The number of hydrazine groups is 1. The van der Waals surface area contributed by atoms with E-state index in [9.17, 15) is 4.79 Å². The topological polar surface area (TPSA) is 84.8 Å². The summed E-state index contributed by atoms with van der Waals surface area (Å²) in [5, 5.41) is 2.15. The maximum Gasteiger partial charge on any atom is 0.306 e. The smallest absolute Gasteiger partial charge is 0.306 e. The number of nitrogens with two attached hydrogens (primary N) is 2. The zero-order chi connectivity index (χ0) is 24.8. The monoisotopic (exact) mass is 498 g/mol. The highest BCUT2D eigenvalue weighted by atomic mass is 35.5. The van der Waals surface area contributed by atoms with E-state index in [0.717, 1.165) is 21.6 Å². The molecule has 0 aliphatic carbocycles. The molecule has 0 saturated carbocycles. The van der Waals surface area contributed by atoms with Crippen molar-refractivity contribution in [3.8, 4) is 0 Å². The van der Waals surface area contributed by atoms with E-state index in [4.69, 9.17) is 27.9 Å². The van der Waals surface area contributed by atoms with E-state index in [0.29, 0.717) is 22.9 Å². The molecule has 4 N–H and O–H groups in total. The molecule has 0 aliphatic heterocycles. The summed E-state index contributed by atoms with van der Waals surface area (Å²) in [6, 6.07) is 20.0. The lowest BCUT2D eigenvalue weighted by Gasteiger charge is -2.22. The molecule has 0 radical (unpaired) electrons. The van der Waals surface area contributed by atoms with Gasteiger partial charge >= 0.3 is 5.97 Å². The van der Waals surface area contributed by atoms with Crippen molar-refractivity contribution in [1.29, 1.82) is 0 Å². The molecule has 0 heterocycles. The van der Waals surface area contributed by atoms with Gasteiger partial charge < -0.3 is 15.5 Å². The largest absolute Gasteiger partial charge is 0.469 e. The summed E-state index contributed by atoms with van der Waals surface area (Å²) in [5.41, 5.74) is 11.6. The fourth-order valence-electron chi connectivity index (χ4n) is 3.77. The number of carbonyl (C=O) groups excluding carboxylic acids is 1. The quantitative estimate of drug-likeness (QED) is 0.135. The molecule has 6 nitrogen and oxygen atoms in total. The first-order chi connectivity index (χ1) is 16.2. The van der Waals surface area contributed by atoms with Crippen LogP contribution in [0.1, 0.15) is 34.6 Å². The molecule has 3 aromatic rings. The Labute approximate surface area is 210 Å². The third-order valence-electron chi connectivity index (χ3n) is 5.58. The fourth-order valence-corrected chi connectivity index (χ4v) is 4.77. The third kappa shape index (κ3) is 6.67. The molecular formula is C26H31ClN4O2S. The lowest BCUT2D eigenvalue weighted by atomic mass is 9.87. The second-order valence-corrected chi connectivity index (χ2v) is 9.99. The number of nitrogens with zero attached hydrogens (tertiary/aromatic N) is 2. The molecule has 3 rings (SSSR count). The maximum absolute atomic E-state index is 12.3. The Morgan fingerprint density at radius 2 is 1.71 bits per heavy atom. The first-order valence-electron chi connectivity index (χ1n) is 10.9. The van der Waals surface area contributed by atoms with Gasteiger partial charge in [-0.3, -0.25) is 4.79 Å². The van der Waals surface area contributed by atoms with Crippen LogP contribution in [0.4, 0.5) is 11.4 Å². The SMILES string of the molecule is COC(=O)CC(c1ccc(N(C)N)c(N)c1)c1ccc(Cl)c(CN(C)Sc2ccc(C)cc2)c1. The number of anilines is 2. The zero-order valence-corrected chi connectivity index (χ0v) is 21.5. The number of benzene rings is 3. The van der Waals surface area contributed by atoms with Crippen molar-refractivity contribution in [2.75, 3.05) is 31.9 Å². The predicted octanol–water partition coefficient (Wildman–Crippen LogP) is 5.37. The fraction of sp³-hybridized carbons (Fsp3) is 0.269. The van der Waals surface area contributed by atoms with E-state index in [1.54, 1.807) is 19.0 Å². The number of esters is 1. The summed E-state index contributed by atoms with van der Waals surface area (Å²) in [6.07, 6.45) is 0.183. The van der Waals surface area contributed by atoms with Gasteiger partial charge in [-0.15, -0.1) is 0 Å². The molecule has 1 atom stereocenters. The second kappa shape index (κ2) is 11.6. The van der Waals surface area contributed by atoms with Crippen LogP contribution >= 0.6 is 23.5 Å². The first kappa shape index (κ1) is 25.9. The molecule has 0 fully saturated rings. The first-order valence-corrected chi connectivity index (χ1v) is 12.0. The average Bonchev–Trinajstić information content (AvgIpc) is 2.80. The minimum absolute atomic E-state index is 0.183. The van der Waals surface area contributed by atoms with E-state index in [-0.39, 0.29) is 18.3 Å². The molecule has 0 amide bonds. The summed E-state index contributed by atoms with van der Waals surface area (Å²) < 4.78 is 7.11. The van der Waals surface area contributed by atoms with Gasteiger partial charge in [0, 0.05) is 29.4 Å². The van der Waals surface area contributed by atoms with Crippen LogP contribution in [0.2, 0.25) is 5.02 Å². The van der Waals surface area contributed by atoms with Crippen molar-refractivity contribution in [2.45, 2.75) is 30.7 Å². The molecule has 34 heavy (non-hydrogen) atoms. The molecule has 1 unspecified atom stereocenters. The van der Waals surface area contributed by atoms with Crippen LogP contribution in [-0.4, -0.2) is 31.5 Å². The van der Waals surface area contributed by atoms with Crippen LogP contribution in [-0.2, 0) is 16.1 Å². The number of ether oxygens (including phenoxy) is 1. The number of rotatable bonds is 9. The normalized spacial score (nSPS) is 12.0. The summed E-state index contributed by atoms with van der Waals surface area (Å²) in [4.78, 5) is 13.4. The standard InChI is InChI=1S/C26H31ClN4O2S/c1-17-5-9-21(10-6-17)34-30(2)16-20-13-18(7-11-23(20)27)22(15-26(32)33-4)19-8-12-25(31(3)29)24(28)14-19/h5-14,22H,15-16,28-29H2,1-4H3. The minimum Gasteiger partial charge on any atom is -0.469 e. The number of aryl methyl sites for hydroxylation is 1. The summed E-state index contributed by atoms with van der Waals surface area (Å²) in [5.74, 6) is 5.32. The van der Waals surface area contributed by atoms with Gasteiger partial charge in [0.1, 0.15) is 0 Å². The Bertz CT molecular complexity index is 1140. The lowest BCUT2D eigenvalue weighted by molar-refractivity contribution is -0.140. The van der Waals surface area contributed by atoms with Crippen molar-refractivity contribution in [3.63, 3.8) is 0 Å². The number of nitrogen functional groups attached to an aromatic ring is 1. The van der Waals surface area contributed by atoms with Gasteiger partial charge in [0.05, 0.1) is 24.9 Å². The number of methoxy groups -OCH3 is 1. The molecule has 0 bridgehead atoms. The zero-order valence-electron chi connectivity index (χ0n) is 19.9. The Balaban J connectivity index is 1.89. The van der Waals surface area contributed by atoms with E-state index in [1.165, 1.54) is 17.7 Å². The van der Waals surface area contributed by atoms with Gasteiger partial charge in [-0.1, -0.05) is 47.5 Å². The Morgan fingerprint density at radius 1 is 1.06 bits per heavy atom. The van der Waals surface area contributed by atoms with E-state index in [2.05, 4.69) is 41.6 Å². The van der Waals surface area contributed by atoms with E-state index in [1.807, 2.05) is 37.4 Å². The summed E-state index contributed by atoms with van der Waals surface area (Å²) >= 11 is 8.22. The van der Waals surface area contributed by atoms with Gasteiger partial charge in [-0.2, -0.15) is 0 Å². The van der Waals surface area contributed by atoms with E-state index >= 15 is 0 Å². The van der Waals surface area contributed by atoms with Crippen molar-refractivity contribution in [1.82, 2.24) is 4.31 Å². The van der Waals surface area contributed by atoms with Gasteiger partial charge in [0.2, 0.25) is 0 Å². The van der Waals surface area contributed by atoms with Crippen LogP contribution in [0, 0.1) is 6.92 Å². The highest BCUT2D eigenvalue weighted by molar-refractivity contribution is 7.97. The third-order valence-corrected chi connectivity index (χ3v) is 6.87. The van der Waals surface area contributed by atoms with Crippen LogP contribution in [0.25, 0.3) is 0 Å². The number of hydrogen-bond donors (Lipinski definition) is 2. The summed E-state index contributed by atoms with van der Waals surface area (Å²) in [6.45, 7) is 2.71. The molecule has 8 heteroatoms. The van der Waals surface area contributed by atoms with Crippen molar-refractivity contribution < 1.29 is 9.53 Å². The van der Waals surface area contributed by atoms with Crippen LogP contribution in [0.3, 0.4) is 0 Å². The Hall–Kier alpha value is -2.71. The van der Waals surface area contributed by atoms with Crippen LogP contribution < -0.4 is 16.6 Å². The second-order valence-electron chi connectivity index (χ2n) is 8.30. The van der Waals surface area contributed by atoms with Gasteiger partial charge in [0.15, 0.2) is 0 Å². The predicted molar refractivity (Wildman–Crippen MR) is 142 cm³/mol. The van der Waals surface area contributed by atoms with Crippen molar-refractivity contribution >= 4 is 40.9 Å². The number of halogens is 1. The Kier molecular flexibility index (Phi) is 8.85. The molecule has 0 aliphatic rings. The Morgan fingerprint density at radius 3 is 2.32 bits per heavy atom. The van der Waals surface area contributed by atoms with Crippen LogP contribution in [0.5, 0.6) is 0 Å². The minimum atomic E-state index is -0.299.